The van der Waals surface area contributed by atoms with Gasteiger partial charge in [0.15, 0.2) is 0 Å². The van der Waals surface area contributed by atoms with E-state index in [1.165, 1.54) is 16.8 Å². The van der Waals surface area contributed by atoms with Gasteiger partial charge < -0.3 is 10.6 Å². The van der Waals surface area contributed by atoms with E-state index in [0.717, 1.165) is 28.7 Å². The fraction of sp³-hybridized carbons (Fsp3) is 0.310. The third kappa shape index (κ3) is 6.09. The molecule has 8 heteroatoms. The zero-order valence-electron chi connectivity index (χ0n) is 21.5. The second-order valence-corrected chi connectivity index (χ2v) is 11.3. The molecule has 194 valence electrons. The van der Waals surface area contributed by atoms with E-state index in [-0.39, 0.29) is 35.4 Å². The largest absolute Gasteiger partial charge is 0.352 e. The molecule has 1 heterocycles. The van der Waals surface area contributed by atoms with E-state index in [0.29, 0.717) is 13.0 Å². The van der Waals surface area contributed by atoms with Crippen LogP contribution in [0.5, 0.6) is 0 Å². The van der Waals surface area contributed by atoms with Crippen molar-refractivity contribution < 1.29 is 18.0 Å². The van der Waals surface area contributed by atoms with Crippen LogP contribution < -0.4 is 10.6 Å². The molecule has 0 fully saturated rings. The van der Waals surface area contributed by atoms with E-state index in [2.05, 4.69) is 17.6 Å². The van der Waals surface area contributed by atoms with Gasteiger partial charge in [0.05, 0.1) is 11.7 Å². The highest BCUT2D eigenvalue weighted by Gasteiger charge is 2.38. The molecule has 0 unspecified atom stereocenters. The maximum absolute atomic E-state index is 14.0. The molecule has 0 radical (unpaired) electrons. The van der Waals surface area contributed by atoms with Gasteiger partial charge in [-0.1, -0.05) is 61.5 Å². The molecule has 0 saturated carbocycles. The number of carbonyl (C=O) groups excluding carboxylic acids is 2. The number of nitrogens with one attached hydrogen (secondary N) is 2. The summed E-state index contributed by atoms with van der Waals surface area (Å²) in [6.45, 7) is 5.85. The fourth-order valence-corrected chi connectivity index (χ4v) is 6.57. The highest BCUT2D eigenvalue weighted by Crippen LogP contribution is 2.38. The molecule has 0 saturated heterocycles. The van der Waals surface area contributed by atoms with Crippen molar-refractivity contribution in [1.82, 2.24) is 9.62 Å². The Bertz CT molecular complexity index is 1400. The molecule has 7 nitrogen and oxygen atoms in total. The first-order valence-electron chi connectivity index (χ1n) is 12.5. The summed E-state index contributed by atoms with van der Waals surface area (Å²) in [7, 11) is -4.03. The molecule has 3 aromatic carbocycles. The van der Waals surface area contributed by atoms with Crippen molar-refractivity contribution in [2.75, 3.05) is 11.9 Å². The lowest BCUT2D eigenvalue weighted by atomic mass is 9.92. The molecule has 0 aromatic heterocycles. The molecule has 4 rings (SSSR count). The minimum absolute atomic E-state index is 0.00935. The first-order chi connectivity index (χ1) is 17.7. The minimum Gasteiger partial charge on any atom is -0.352 e. The van der Waals surface area contributed by atoms with Crippen molar-refractivity contribution in [3.05, 3.63) is 94.5 Å². The number of hydrogen-bond acceptors (Lipinski definition) is 4. The Morgan fingerprint density at radius 3 is 2.41 bits per heavy atom. The van der Waals surface area contributed by atoms with Gasteiger partial charge in [0.1, 0.15) is 4.90 Å². The lowest BCUT2D eigenvalue weighted by molar-refractivity contribution is -0.122. The van der Waals surface area contributed by atoms with Crippen LogP contribution in [0, 0.1) is 6.92 Å². The van der Waals surface area contributed by atoms with E-state index in [4.69, 9.17) is 0 Å². The zero-order chi connectivity index (χ0) is 26.6. The minimum atomic E-state index is -4.03. The van der Waals surface area contributed by atoms with Crippen molar-refractivity contribution in [2.45, 2.75) is 57.5 Å². The molecule has 0 bridgehead atoms. The Morgan fingerprint density at radius 2 is 1.70 bits per heavy atom. The smallest absolute Gasteiger partial charge is 0.245 e. The second-order valence-electron chi connectivity index (χ2n) is 9.41. The predicted octanol–water partition coefficient (Wildman–Crippen LogP) is 4.51. The van der Waals surface area contributed by atoms with Gasteiger partial charge in [0.2, 0.25) is 21.8 Å². The number of anilines is 1. The summed E-state index contributed by atoms with van der Waals surface area (Å²) < 4.78 is 29.5. The third-order valence-electron chi connectivity index (χ3n) is 6.70. The van der Waals surface area contributed by atoms with Gasteiger partial charge in [-0.3, -0.25) is 9.59 Å². The average Bonchev–Trinajstić information content (AvgIpc) is 2.88. The highest BCUT2D eigenvalue weighted by atomic mass is 32.2. The normalized spacial score (nSPS) is 15.6. The van der Waals surface area contributed by atoms with Gasteiger partial charge >= 0.3 is 0 Å². The Morgan fingerprint density at radius 1 is 1.00 bits per heavy atom. The van der Waals surface area contributed by atoms with Crippen LogP contribution in [0.3, 0.4) is 0 Å². The molecule has 0 aliphatic carbocycles. The molecule has 3 aromatic rings. The van der Waals surface area contributed by atoms with E-state index in [9.17, 15) is 18.0 Å². The first-order valence-corrected chi connectivity index (χ1v) is 14.0. The standard InChI is InChI=1S/C29H33N3O4S/c1-4-22-10-12-23(13-11-22)19-30-29(34)18-27-25-8-6-5-7-24(25)15-16-32(27)37(35,36)28-17-20(2)9-14-26(28)31-21(3)33/h5-14,17,27H,4,15-16,18-19H2,1-3H3,(H,30,34)(H,31,33)/t27-/m1/s1. The topological polar surface area (TPSA) is 95.6 Å². The molecule has 2 amide bonds. The van der Waals surface area contributed by atoms with E-state index < -0.39 is 16.1 Å². The summed E-state index contributed by atoms with van der Waals surface area (Å²) in [6.07, 6.45) is 1.48. The van der Waals surface area contributed by atoms with Crippen LogP contribution >= 0.6 is 0 Å². The fourth-order valence-electron chi connectivity index (χ4n) is 4.73. The van der Waals surface area contributed by atoms with Crippen LogP contribution in [-0.4, -0.2) is 31.1 Å². The van der Waals surface area contributed by atoms with Crippen molar-refractivity contribution in [3.63, 3.8) is 0 Å². The van der Waals surface area contributed by atoms with Crippen molar-refractivity contribution in [1.29, 1.82) is 0 Å². The molecule has 37 heavy (non-hydrogen) atoms. The van der Waals surface area contributed by atoms with Gasteiger partial charge in [-0.05, 0) is 59.7 Å². The zero-order valence-corrected chi connectivity index (χ0v) is 22.3. The molecule has 1 aliphatic rings. The quantitative estimate of drug-likeness (QED) is 0.458. The number of rotatable bonds is 8. The summed E-state index contributed by atoms with van der Waals surface area (Å²) >= 11 is 0. The number of sulfonamides is 1. The number of hydrogen-bond donors (Lipinski definition) is 2. The van der Waals surface area contributed by atoms with Gasteiger partial charge in [-0.2, -0.15) is 4.31 Å². The predicted molar refractivity (Wildman–Crippen MR) is 145 cm³/mol. The maximum atomic E-state index is 14.0. The van der Waals surface area contributed by atoms with Gasteiger partial charge in [0.25, 0.3) is 0 Å². The molecule has 1 atom stereocenters. The van der Waals surface area contributed by atoms with Crippen LogP contribution in [-0.2, 0) is 39.0 Å². The Labute approximate surface area is 218 Å². The SMILES string of the molecule is CCc1ccc(CNC(=O)C[C@@H]2c3ccccc3CCN2S(=O)(=O)c2cc(C)ccc2NC(C)=O)cc1. The summed E-state index contributed by atoms with van der Waals surface area (Å²) in [5, 5.41) is 5.60. The number of nitrogens with zero attached hydrogens (tertiary/aromatic N) is 1. The number of aryl methyl sites for hydroxylation is 2. The van der Waals surface area contributed by atoms with Gasteiger partial charge in [-0.25, -0.2) is 8.42 Å². The molecule has 2 N–H and O–H groups in total. The van der Waals surface area contributed by atoms with Gasteiger partial charge in [0, 0.05) is 26.4 Å². The second kappa shape index (κ2) is 11.3. The van der Waals surface area contributed by atoms with Crippen LogP contribution in [0.1, 0.15) is 54.1 Å². The molecular formula is C29H33N3O4S. The lowest BCUT2D eigenvalue weighted by Crippen LogP contribution is -2.42. The van der Waals surface area contributed by atoms with Crippen molar-refractivity contribution in [3.8, 4) is 0 Å². The van der Waals surface area contributed by atoms with E-state index in [1.807, 2.05) is 48.5 Å². The average molecular weight is 520 g/mol. The monoisotopic (exact) mass is 519 g/mol. The lowest BCUT2D eigenvalue weighted by Gasteiger charge is -2.36. The Hall–Kier alpha value is -3.49. The summed E-state index contributed by atoms with van der Waals surface area (Å²) in [4.78, 5) is 24.9. The molecular weight excluding hydrogens is 486 g/mol. The molecule has 0 spiro atoms. The summed E-state index contributed by atoms with van der Waals surface area (Å²) in [5.41, 5.74) is 5.06. The maximum Gasteiger partial charge on any atom is 0.245 e. The summed E-state index contributed by atoms with van der Waals surface area (Å²) in [6, 6.07) is 20.0. The third-order valence-corrected chi connectivity index (χ3v) is 8.65. The van der Waals surface area contributed by atoms with E-state index >= 15 is 0 Å². The van der Waals surface area contributed by atoms with Crippen LogP contribution in [0.4, 0.5) is 5.69 Å². The number of fused-ring (bicyclic) bond motifs is 1. The van der Waals surface area contributed by atoms with Crippen molar-refractivity contribution >= 4 is 27.5 Å². The van der Waals surface area contributed by atoms with E-state index in [1.54, 1.807) is 25.1 Å². The molecule has 1 aliphatic heterocycles. The summed E-state index contributed by atoms with van der Waals surface area (Å²) in [5.74, 6) is -0.583. The Balaban J connectivity index is 1.63. The Kier molecular flexibility index (Phi) is 8.10. The van der Waals surface area contributed by atoms with Crippen LogP contribution in [0.25, 0.3) is 0 Å². The number of benzene rings is 3. The van der Waals surface area contributed by atoms with Crippen LogP contribution in [0.15, 0.2) is 71.6 Å². The van der Waals surface area contributed by atoms with Gasteiger partial charge in [-0.15, -0.1) is 0 Å². The number of carbonyl (C=O) groups is 2. The first kappa shape index (κ1) is 26.6. The van der Waals surface area contributed by atoms with Crippen LogP contribution in [0.2, 0.25) is 0 Å². The highest BCUT2D eigenvalue weighted by molar-refractivity contribution is 7.89. The van der Waals surface area contributed by atoms with Crippen molar-refractivity contribution in [2.24, 2.45) is 0 Å². The number of amides is 2.